The predicted molar refractivity (Wildman–Crippen MR) is 112 cm³/mol. The van der Waals surface area contributed by atoms with E-state index in [1.165, 1.54) is 11.1 Å². The number of piperazine rings is 1. The van der Waals surface area contributed by atoms with Gasteiger partial charge in [0.15, 0.2) is 0 Å². The number of rotatable bonds is 4. The monoisotopic (exact) mass is 369 g/mol. The lowest BCUT2D eigenvalue weighted by Crippen LogP contribution is -2.48. The molecular weight excluding hydrogens is 346 g/mol. The number of aromatic nitrogens is 1. The average Bonchev–Trinajstić information content (AvgIpc) is 2.76. The third-order valence-corrected chi connectivity index (χ3v) is 5.30. The molecule has 1 atom stereocenters. The van der Waals surface area contributed by atoms with E-state index < -0.39 is 0 Å². The predicted octanol–water partition coefficient (Wildman–Crippen LogP) is 3.45. The first-order chi connectivity index (χ1) is 13.8. The van der Waals surface area contributed by atoms with Crippen molar-refractivity contribution in [2.45, 2.75) is 6.04 Å². The Labute approximate surface area is 165 Å². The quantitative estimate of drug-likeness (QED) is 0.714. The van der Waals surface area contributed by atoms with Gasteiger partial charge < -0.3 is 10.6 Å². The highest BCUT2D eigenvalue weighted by Gasteiger charge is 2.27. The van der Waals surface area contributed by atoms with Crippen LogP contribution in [0.2, 0.25) is 0 Å². The summed E-state index contributed by atoms with van der Waals surface area (Å²) >= 11 is 0. The molecule has 1 aliphatic heterocycles. The topological polar surface area (TPSA) is 69.2 Å². The van der Waals surface area contributed by atoms with E-state index in [-0.39, 0.29) is 6.04 Å². The van der Waals surface area contributed by atoms with Gasteiger partial charge in [0.1, 0.15) is 6.07 Å². The number of nitriles is 1. The van der Waals surface area contributed by atoms with Crippen LogP contribution < -0.4 is 10.6 Å². The van der Waals surface area contributed by atoms with Crippen molar-refractivity contribution in [3.05, 3.63) is 89.7 Å². The Morgan fingerprint density at radius 3 is 2.25 bits per heavy atom. The van der Waals surface area contributed by atoms with E-state index in [1.54, 1.807) is 6.07 Å². The van der Waals surface area contributed by atoms with E-state index in [2.05, 4.69) is 63.3 Å². The molecule has 2 aromatic carbocycles. The summed E-state index contributed by atoms with van der Waals surface area (Å²) in [7, 11) is 0. The summed E-state index contributed by atoms with van der Waals surface area (Å²) in [6.07, 6.45) is 3.71. The SMILES string of the molecule is N#Cc1cc(N)ccc1N1CCN(C(c2ccccc2)c2ccncc2)CC1. The molecule has 2 heterocycles. The van der Waals surface area contributed by atoms with Gasteiger partial charge in [-0.15, -0.1) is 0 Å². The van der Waals surface area contributed by atoms with Gasteiger partial charge in [-0.1, -0.05) is 30.3 Å². The largest absolute Gasteiger partial charge is 0.399 e. The molecule has 3 aromatic rings. The minimum absolute atomic E-state index is 0.202. The summed E-state index contributed by atoms with van der Waals surface area (Å²) < 4.78 is 0. The molecule has 0 aliphatic carbocycles. The zero-order valence-corrected chi connectivity index (χ0v) is 15.7. The highest BCUT2D eigenvalue weighted by Crippen LogP contribution is 2.31. The smallest absolute Gasteiger partial charge is 0.101 e. The molecule has 1 aliphatic rings. The zero-order valence-electron chi connectivity index (χ0n) is 15.7. The van der Waals surface area contributed by atoms with Gasteiger partial charge in [-0.05, 0) is 41.5 Å². The second-order valence-electron chi connectivity index (χ2n) is 7.01. The van der Waals surface area contributed by atoms with Gasteiger partial charge in [0.25, 0.3) is 0 Å². The third-order valence-electron chi connectivity index (χ3n) is 5.30. The molecule has 4 rings (SSSR count). The highest BCUT2D eigenvalue weighted by atomic mass is 15.3. The molecule has 5 nitrogen and oxygen atoms in total. The second-order valence-corrected chi connectivity index (χ2v) is 7.01. The van der Waals surface area contributed by atoms with Gasteiger partial charge in [-0.2, -0.15) is 5.26 Å². The molecule has 140 valence electrons. The fourth-order valence-electron chi connectivity index (χ4n) is 3.94. The lowest BCUT2D eigenvalue weighted by atomic mass is 9.97. The van der Waals surface area contributed by atoms with Crippen LogP contribution >= 0.6 is 0 Å². The van der Waals surface area contributed by atoms with Gasteiger partial charge >= 0.3 is 0 Å². The normalized spacial score (nSPS) is 15.8. The molecule has 0 amide bonds. The molecule has 1 aromatic heterocycles. The summed E-state index contributed by atoms with van der Waals surface area (Å²) in [5.74, 6) is 0. The van der Waals surface area contributed by atoms with Crippen LogP contribution in [0.25, 0.3) is 0 Å². The summed E-state index contributed by atoms with van der Waals surface area (Å²) in [6, 6.07) is 22.9. The molecule has 0 radical (unpaired) electrons. The molecule has 1 unspecified atom stereocenters. The zero-order chi connectivity index (χ0) is 19.3. The molecule has 1 saturated heterocycles. The van der Waals surface area contributed by atoms with Crippen LogP contribution in [0, 0.1) is 11.3 Å². The van der Waals surface area contributed by atoms with Gasteiger partial charge in [0.2, 0.25) is 0 Å². The average molecular weight is 369 g/mol. The number of benzene rings is 2. The minimum Gasteiger partial charge on any atom is -0.399 e. The number of anilines is 2. The van der Waals surface area contributed by atoms with Crippen molar-refractivity contribution in [2.24, 2.45) is 0 Å². The maximum atomic E-state index is 9.46. The first kappa shape index (κ1) is 18.0. The molecule has 0 spiro atoms. The number of pyridine rings is 1. The van der Waals surface area contributed by atoms with E-state index in [9.17, 15) is 5.26 Å². The summed E-state index contributed by atoms with van der Waals surface area (Å²) in [6.45, 7) is 3.56. The van der Waals surface area contributed by atoms with Crippen molar-refractivity contribution in [1.82, 2.24) is 9.88 Å². The molecule has 5 heteroatoms. The summed E-state index contributed by atoms with van der Waals surface area (Å²) in [5.41, 5.74) is 10.6. The molecule has 28 heavy (non-hydrogen) atoms. The number of nitrogen functional groups attached to an aromatic ring is 1. The van der Waals surface area contributed by atoms with Crippen LogP contribution in [0.3, 0.4) is 0 Å². The van der Waals surface area contributed by atoms with E-state index in [0.29, 0.717) is 11.3 Å². The lowest BCUT2D eigenvalue weighted by molar-refractivity contribution is 0.212. The second kappa shape index (κ2) is 8.12. The van der Waals surface area contributed by atoms with Crippen molar-refractivity contribution in [1.29, 1.82) is 5.26 Å². The Kier molecular flexibility index (Phi) is 5.22. The number of nitrogens with two attached hydrogens (primary N) is 1. The molecular formula is C23H23N5. The Hall–Kier alpha value is -3.36. The number of hydrogen-bond acceptors (Lipinski definition) is 5. The van der Waals surface area contributed by atoms with Crippen molar-refractivity contribution in [3.63, 3.8) is 0 Å². The molecule has 0 bridgehead atoms. The fourth-order valence-corrected chi connectivity index (χ4v) is 3.94. The van der Waals surface area contributed by atoms with Gasteiger partial charge in [0, 0.05) is 44.3 Å². The summed E-state index contributed by atoms with van der Waals surface area (Å²) in [5, 5.41) is 9.46. The van der Waals surface area contributed by atoms with E-state index in [4.69, 9.17) is 5.73 Å². The third kappa shape index (κ3) is 3.68. The Balaban J connectivity index is 1.57. The maximum absolute atomic E-state index is 9.46. The highest BCUT2D eigenvalue weighted by molar-refractivity contribution is 5.64. The maximum Gasteiger partial charge on any atom is 0.101 e. The number of nitrogens with zero attached hydrogens (tertiary/aromatic N) is 4. The molecule has 0 saturated carbocycles. The first-order valence-corrected chi connectivity index (χ1v) is 9.50. The Morgan fingerprint density at radius 2 is 1.57 bits per heavy atom. The number of hydrogen-bond donors (Lipinski definition) is 1. The van der Waals surface area contributed by atoms with E-state index in [0.717, 1.165) is 31.9 Å². The Bertz CT molecular complexity index is 918. The van der Waals surface area contributed by atoms with E-state index >= 15 is 0 Å². The molecule has 2 N–H and O–H groups in total. The van der Waals surface area contributed by atoms with Crippen molar-refractivity contribution < 1.29 is 0 Å². The van der Waals surface area contributed by atoms with Crippen LogP contribution in [0.5, 0.6) is 0 Å². The minimum atomic E-state index is 0.202. The fraction of sp³-hybridized carbons (Fsp3) is 0.217. The van der Waals surface area contributed by atoms with Crippen LogP contribution in [-0.2, 0) is 0 Å². The standard InChI is InChI=1S/C23H23N5/c24-17-20-16-21(25)6-7-22(20)27-12-14-28(15-13-27)23(18-4-2-1-3-5-18)19-8-10-26-11-9-19/h1-11,16,23H,12-15,25H2. The van der Waals surface area contributed by atoms with Crippen LogP contribution in [0.1, 0.15) is 22.7 Å². The van der Waals surface area contributed by atoms with Crippen LogP contribution in [-0.4, -0.2) is 36.1 Å². The van der Waals surface area contributed by atoms with Crippen molar-refractivity contribution in [3.8, 4) is 6.07 Å². The van der Waals surface area contributed by atoms with Crippen LogP contribution in [0.4, 0.5) is 11.4 Å². The van der Waals surface area contributed by atoms with Crippen molar-refractivity contribution >= 4 is 11.4 Å². The van der Waals surface area contributed by atoms with Gasteiger partial charge in [-0.3, -0.25) is 9.88 Å². The summed E-state index contributed by atoms with van der Waals surface area (Å²) in [4.78, 5) is 8.96. The van der Waals surface area contributed by atoms with Gasteiger partial charge in [0.05, 0.1) is 17.3 Å². The lowest BCUT2D eigenvalue weighted by Gasteiger charge is -2.41. The van der Waals surface area contributed by atoms with Crippen LogP contribution in [0.15, 0.2) is 73.1 Å². The van der Waals surface area contributed by atoms with Crippen molar-refractivity contribution in [2.75, 3.05) is 36.8 Å². The molecule has 1 fully saturated rings. The first-order valence-electron chi connectivity index (χ1n) is 9.50. The van der Waals surface area contributed by atoms with Gasteiger partial charge in [-0.25, -0.2) is 0 Å². The Morgan fingerprint density at radius 1 is 0.893 bits per heavy atom. The van der Waals surface area contributed by atoms with E-state index in [1.807, 2.05) is 24.5 Å².